The topological polar surface area (TPSA) is 96.2 Å². The number of nitrogens with zero attached hydrogens (tertiary/aromatic N) is 6. The summed E-state index contributed by atoms with van der Waals surface area (Å²) in [5.74, 6) is 0.297. The van der Waals surface area contributed by atoms with Crippen LogP contribution >= 0.6 is 0 Å². The highest BCUT2D eigenvalue weighted by molar-refractivity contribution is 5.96. The molecule has 1 N–H and O–H groups in total. The quantitative estimate of drug-likeness (QED) is 0.358. The molecule has 2 aromatic heterocycles. The zero-order chi connectivity index (χ0) is 31.9. The van der Waals surface area contributed by atoms with Gasteiger partial charge in [-0.05, 0) is 74.8 Å². The minimum absolute atomic E-state index is 0.0259. The molecule has 3 aliphatic rings. The lowest BCUT2D eigenvalue weighted by Crippen LogP contribution is -2.37. The molecule has 240 valence electrons. The van der Waals surface area contributed by atoms with Gasteiger partial charge >= 0.3 is 6.18 Å². The van der Waals surface area contributed by atoms with Crippen LogP contribution in [0.2, 0.25) is 0 Å². The Bertz CT molecular complexity index is 1540. The molecular formula is C32H37F4N7O2. The molecule has 0 bridgehead atoms. The number of nitrogens with one attached hydrogen (secondary N) is 1. The first-order valence-corrected chi connectivity index (χ1v) is 15.5. The Kier molecular flexibility index (Phi) is 8.64. The van der Waals surface area contributed by atoms with E-state index in [-0.39, 0.29) is 35.4 Å². The van der Waals surface area contributed by atoms with Gasteiger partial charge in [-0.15, -0.1) is 10.2 Å². The maximum Gasteiger partial charge on any atom is 0.435 e. The van der Waals surface area contributed by atoms with Gasteiger partial charge in [0.15, 0.2) is 11.5 Å². The van der Waals surface area contributed by atoms with E-state index >= 15 is 0 Å². The number of amides is 2. The molecule has 3 atom stereocenters. The predicted molar refractivity (Wildman–Crippen MR) is 157 cm³/mol. The van der Waals surface area contributed by atoms with Crippen LogP contribution in [0, 0.1) is 37.4 Å². The summed E-state index contributed by atoms with van der Waals surface area (Å²) < 4.78 is 54.2. The second-order valence-corrected chi connectivity index (χ2v) is 12.6. The molecule has 9 nitrogen and oxygen atoms in total. The van der Waals surface area contributed by atoms with Crippen molar-refractivity contribution in [2.75, 3.05) is 32.7 Å². The Morgan fingerprint density at radius 2 is 1.71 bits per heavy atom. The highest BCUT2D eigenvalue weighted by Gasteiger charge is 2.42. The number of halogens is 4. The van der Waals surface area contributed by atoms with Crippen LogP contribution in [0.15, 0.2) is 36.4 Å². The molecule has 1 aliphatic carbocycles. The molecule has 2 aliphatic heterocycles. The Morgan fingerprint density at radius 3 is 2.33 bits per heavy atom. The van der Waals surface area contributed by atoms with Gasteiger partial charge in [-0.3, -0.25) is 9.59 Å². The number of carbonyl (C=O) groups excluding carboxylic acids is 2. The van der Waals surface area contributed by atoms with Crippen molar-refractivity contribution < 1.29 is 27.2 Å². The summed E-state index contributed by atoms with van der Waals surface area (Å²) in [6, 6.07) is 8.21. The number of fused-ring (bicyclic) bond motifs is 1. The average Bonchev–Trinajstić information content (AvgIpc) is 3.79. The van der Waals surface area contributed by atoms with E-state index < -0.39 is 11.9 Å². The second kappa shape index (κ2) is 12.5. The van der Waals surface area contributed by atoms with Crippen LogP contribution in [0.3, 0.4) is 0 Å². The molecule has 2 amide bonds. The maximum absolute atomic E-state index is 14.1. The fourth-order valence-electron chi connectivity index (χ4n) is 7.20. The van der Waals surface area contributed by atoms with E-state index in [2.05, 4.69) is 25.5 Å². The average molecular weight is 628 g/mol. The number of hydrogen-bond acceptors (Lipinski definition) is 6. The van der Waals surface area contributed by atoms with Crippen molar-refractivity contribution >= 4 is 11.8 Å². The number of benzene rings is 1. The Balaban J connectivity index is 1.07. The van der Waals surface area contributed by atoms with Crippen LogP contribution in [0.1, 0.15) is 71.1 Å². The number of aromatic nitrogens is 4. The largest absolute Gasteiger partial charge is 0.435 e. The first kappa shape index (κ1) is 31.1. The molecular weight excluding hydrogens is 590 g/mol. The Hall–Kier alpha value is -3.87. The van der Waals surface area contributed by atoms with Crippen molar-refractivity contribution in [1.82, 2.24) is 35.1 Å². The molecule has 3 aromatic rings. The predicted octanol–water partition coefficient (Wildman–Crippen LogP) is 4.88. The third-order valence-corrected chi connectivity index (χ3v) is 9.54. The van der Waals surface area contributed by atoms with Crippen molar-refractivity contribution in [3.63, 3.8) is 0 Å². The summed E-state index contributed by atoms with van der Waals surface area (Å²) >= 11 is 0. The van der Waals surface area contributed by atoms with E-state index in [9.17, 15) is 27.2 Å². The SMILES string of the molecule is Cc1nn(-c2ccc(C(F)(F)F)nn2)c(C)c1C(=O)N1CC2CN(CCC(NC(=O)C3CCCC3)c3cccc(F)c3)C[C@H]2C1. The molecule has 0 radical (unpaired) electrons. The third kappa shape index (κ3) is 6.58. The van der Waals surface area contributed by atoms with Crippen molar-refractivity contribution in [3.05, 3.63) is 70.4 Å². The fraction of sp³-hybridized carbons (Fsp3) is 0.531. The van der Waals surface area contributed by atoms with Crippen LogP contribution in [-0.4, -0.2) is 74.3 Å². The zero-order valence-electron chi connectivity index (χ0n) is 25.4. The molecule has 1 aromatic carbocycles. The summed E-state index contributed by atoms with van der Waals surface area (Å²) in [5.41, 5.74) is 1.06. The van der Waals surface area contributed by atoms with Gasteiger partial charge in [0.1, 0.15) is 5.82 Å². The summed E-state index contributed by atoms with van der Waals surface area (Å²) in [6.45, 7) is 6.97. The van der Waals surface area contributed by atoms with Crippen molar-refractivity contribution in [3.8, 4) is 5.82 Å². The number of likely N-dealkylation sites (tertiary alicyclic amines) is 2. The molecule has 2 saturated heterocycles. The Labute approximate surface area is 259 Å². The van der Waals surface area contributed by atoms with Crippen LogP contribution in [0.5, 0.6) is 0 Å². The molecule has 6 rings (SSSR count). The van der Waals surface area contributed by atoms with Gasteiger partial charge in [-0.2, -0.15) is 18.3 Å². The van der Waals surface area contributed by atoms with E-state index in [1.807, 2.05) is 11.0 Å². The van der Waals surface area contributed by atoms with Gasteiger partial charge in [-0.1, -0.05) is 25.0 Å². The van der Waals surface area contributed by atoms with Gasteiger partial charge in [-0.25, -0.2) is 9.07 Å². The third-order valence-electron chi connectivity index (χ3n) is 9.54. The summed E-state index contributed by atoms with van der Waals surface area (Å²) in [6.07, 6.45) is -0.0134. The smallest absolute Gasteiger partial charge is 0.349 e. The molecule has 4 heterocycles. The number of rotatable bonds is 8. The van der Waals surface area contributed by atoms with E-state index in [4.69, 9.17) is 0 Å². The Morgan fingerprint density at radius 1 is 1.00 bits per heavy atom. The molecule has 45 heavy (non-hydrogen) atoms. The van der Waals surface area contributed by atoms with E-state index in [1.165, 1.54) is 22.9 Å². The van der Waals surface area contributed by atoms with E-state index in [0.717, 1.165) is 56.9 Å². The normalized spacial score (nSPS) is 21.3. The first-order chi connectivity index (χ1) is 21.5. The fourth-order valence-corrected chi connectivity index (χ4v) is 7.20. The highest BCUT2D eigenvalue weighted by atomic mass is 19.4. The van der Waals surface area contributed by atoms with Gasteiger partial charge in [0.2, 0.25) is 5.91 Å². The molecule has 3 fully saturated rings. The van der Waals surface area contributed by atoms with Gasteiger partial charge < -0.3 is 15.1 Å². The number of aryl methyl sites for hydroxylation is 1. The maximum atomic E-state index is 14.1. The van der Waals surface area contributed by atoms with Crippen LogP contribution in [-0.2, 0) is 11.0 Å². The number of alkyl halides is 3. The summed E-state index contributed by atoms with van der Waals surface area (Å²) in [5, 5.41) is 14.6. The summed E-state index contributed by atoms with van der Waals surface area (Å²) in [7, 11) is 0. The van der Waals surface area contributed by atoms with E-state index in [0.29, 0.717) is 48.3 Å². The highest BCUT2D eigenvalue weighted by Crippen LogP contribution is 2.34. The molecule has 2 unspecified atom stereocenters. The molecule has 0 spiro atoms. The molecule has 13 heteroatoms. The summed E-state index contributed by atoms with van der Waals surface area (Å²) in [4.78, 5) is 30.8. The van der Waals surface area contributed by atoms with Crippen molar-refractivity contribution in [1.29, 1.82) is 0 Å². The van der Waals surface area contributed by atoms with E-state index in [1.54, 1.807) is 19.9 Å². The van der Waals surface area contributed by atoms with Crippen LogP contribution < -0.4 is 5.32 Å². The second-order valence-electron chi connectivity index (χ2n) is 12.6. The van der Waals surface area contributed by atoms with Crippen LogP contribution in [0.25, 0.3) is 5.82 Å². The van der Waals surface area contributed by atoms with Crippen molar-refractivity contribution in [2.24, 2.45) is 17.8 Å². The lowest BCUT2D eigenvalue weighted by atomic mass is 10.0. The van der Waals surface area contributed by atoms with Gasteiger partial charge in [0.25, 0.3) is 5.91 Å². The first-order valence-electron chi connectivity index (χ1n) is 15.5. The molecule has 1 saturated carbocycles. The number of hydrogen-bond donors (Lipinski definition) is 1. The minimum Gasteiger partial charge on any atom is -0.349 e. The monoisotopic (exact) mass is 627 g/mol. The standard InChI is InChI=1S/C32H37F4N7O2/c1-19-29(20(2)43(40-19)28-11-10-27(38-39-28)32(34,35)36)31(45)42-17-23-15-41(16-24(23)18-42)13-12-26(22-8-5-9-25(33)14-22)37-30(44)21-6-3-4-7-21/h5,8-11,14,21,23-24,26H,3-4,6-7,12-13,15-18H2,1-2H3,(H,37,44)/t23-,24?,26?/m0/s1. The van der Waals surface area contributed by atoms with Crippen LogP contribution in [0.4, 0.5) is 17.6 Å². The van der Waals surface area contributed by atoms with Gasteiger partial charge in [0, 0.05) is 38.6 Å². The number of carbonyl (C=O) groups is 2. The zero-order valence-corrected chi connectivity index (χ0v) is 25.4. The van der Waals surface area contributed by atoms with Gasteiger partial charge in [0.05, 0.1) is 23.0 Å². The lowest BCUT2D eigenvalue weighted by molar-refractivity contribution is -0.141. The minimum atomic E-state index is -4.60. The lowest BCUT2D eigenvalue weighted by Gasteiger charge is -2.26. The van der Waals surface area contributed by atoms with Crippen molar-refractivity contribution in [2.45, 2.75) is 58.2 Å².